The highest BCUT2D eigenvalue weighted by Gasteiger charge is 2.11. The molecule has 3 heteroatoms. The molecule has 0 fully saturated rings. The van der Waals surface area contributed by atoms with E-state index in [-0.39, 0.29) is 5.54 Å². The van der Waals surface area contributed by atoms with Crippen LogP contribution < -0.4 is 5.32 Å². The summed E-state index contributed by atoms with van der Waals surface area (Å²) in [6, 6.07) is 11.6. The van der Waals surface area contributed by atoms with E-state index < -0.39 is 0 Å². The molecule has 0 saturated heterocycles. The lowest BCUT2D eigenvalue weighted by molar-refractivity contribution is 0.391. The monoisotopic (exact) mass is 263 g/mol. The maximum Gasteiger partial charge on any atom is 0.135 e. The molecule has 1 aromatic carbocycles. The first-order chi connectivity index (χ1) is 8.46. The first-order valence-corrected chi connectivity index (χ1v) is 6.42. The van der Waals surface area contributed by atoms with Crippen LogP contribution in [0.25, 0.3) is 11.3 Å². The second kappa shape index (κ2) is 5.17. The molecule has 2 rings (SSSR count). The smallest absolute Gasteiger partial charge is 0.135 e. The molecule has 18 heavy (non-hydrogen) atoms. The summed E-state index contributed by atoms with van der Waals surface area (Å²) in [5.41, 5.74) is 1.01. The van der Waals surface area contributed by atoms with Crippen LogP contribution in [0, 0.1) is 0 Å². The van der Waals surface area contributed by atoms with E-state index in [9.17, 15) is 0 Å². The first-order valence-electron chi connectivity index (χ1n) is 6.04. The van der Waals surface area contributed by atoms with Gasteiger partial charge in [0.05, 0.1) is 11.6 Å². The van der Waals surface area contributed by atoms with Gasteiger partial charge >= 0.3 is 0 Å². The molecule has 0 radical (unpaired) electrons. The van der Waals surface area contributed by atoms with Crippen molar-refractivity contribution in [2.75, 3.05) is 0 Å². The van der Waals surface area contributed by atoms with Gasteiger partial charge in [0.25, 0.3) is 0 Å². The van der Waals surface area contributed by atoms with E-state index in [1.807, 2.05) is 36.4 Å². The Hall–Kier alpha value is -1.25. The average molecular weight is 264 g/mol. The van der Waals surface area contributed by atoms with Gasteiger partial charge in [-0.15, -0.1) is 0 Å². The van der Waals surface area contributed by atoms with Crippen molar-refractivity contribution in [3.05, 3.63) is 47.2 Å². The fourth-order valence-corrected chi connectivity index (χ4v) is 1.86. The van der Waals surface area contributed by atoms with E-state index in [2.05, 4.69) is 26.1 Å². The maximum atomic E-state index is 6.14. The number of nitrogens with one attached hydrogen (secondary N) is 1. The number of furan rings is 1. The predicted octanol–water partition coefficient (Wildman–Crippen LogP) is 4.49. The van der Waals surface area contributed by atoms with Crippen molar-refractivity contribution < 1.29 is 4.42 Å². The van der Waals surface area contributed by atoms with E-state index >= 15 is 0 Å². The molecular weight excluding hydrogens is 246 g/mol. The molecule has 0 unspecified atom stereocenters. The Morgan fingerprint density at radius 1 is 1.11 bits per heavy atom. The molecule has 1 N–H and O–H groups in total. The minimum absolute atomic E-state index is 0.0807. The average Bonchev–Trinajstić information content (AvgIpc) is 2.75. The molecule has 0 aliphatic carbocycles. The van der Waals surface area contributed by atoms with E-state index in [1.165, 1.54) is 0 Å². The second-order valence-corrected chi connectivity index (χ2v) is 5.76. The zero-order valence-corrected chi connectivity index (χ0v) is 11.7. The van der Waals surface area contributed by atoms with E-state index in [4.69, 9.17) is 16.0 Å². The fraction of sp³-hybridized carbons (Fsp3) is 0.333. The molecule has 2 aromatic rings. The van der Waals surface area contributed by atoms with Gasteiger partial charge in [0, 0.05) is 11.1 Å². The molecule has 0 atom stereocenters. The summed E-state index contributed by atoms with van der Waals surface area (Å²) in [5, 5.41) is 4.10. The maximum absolute atomic E-state index is 6.14. The Morgan fingerprint density at radius 2 is 1.83 bits per heavy atom. The molecule has 0 amide bonds. The standard InChI is InChI=1S/C15H18ClNO/c1-15(2,3)17-10-11-8-9-14(18-11)12-6-4-5-7-13(12)16/h4-9,17H,10H2,1-3H3. The van der Waals surface area contributed by atoms with Crippen molar-refractivity contribution in [3.63, 3.8) is 0 Å². The van der Waals surface area contributed by atoms with Crippen molar-refractivity contribution in [3.8, 4) is 11.3 Å². The van der Waals surface area contributed by atoms with Gasteiger partial charge in [-0.25, -0.2) is 0 Å². The second-order valence-electron chi connectivity index (χ2n) is 5.35. The summed E-state index contributed by atoms with van der Waals surface area (Å²) in [4.78, 5) is 0. The van der Waals surface area contributed by atoms with Crippen molar-refractivity contribution in [1.29, 1.82) is 0 Å². The molecule has 0 saturated carbocycles. The SMILES string of the molecule is CC(C)(C)NCc1ccc(-c2ccccc2Cl)o1. The highest BCUT2D eigenvalue weighted by Crippen LogP contribution is 2.29. The van der Waals surface area contributed by atoms with Gasteiger partial charge in [-0.1, -0.05) is 23.7 Å². The minimum atomic E-state index is 0.0807. The Bertz CT molecular complexity index is 525. The van der Waals surface area contributed by atoms with Gasteiger partial charge in [-0.2, -0.15) is 0 Å². The largest absolute Gasteiger partial charge is 0.460 e. The van der Waals surface area contributed by atoms with Crippen LogP contribution in [-0.2, 0) is 6.54 Å². The molecule has 1 aromatic heterocycles. The zero-order valence-electron chi connectivity index (χ0n) is 11.0. The Kier molecular flexibility index (Phi) is 3.79. The molecule has 0 aliphatic rings. The quantitative estimate of drug-likeness (QED) is 0.883. The predicted molar refractivity (Wildman–Crippen MR) is 75.7 cm³/mol. The normalized spacial score (nSPS) is 11.8. The van der Waals surface area contributed by atoms with Crippen LogP contribution in [-0.4, -0.2) is 5.54 Å². The van der Waals surface area contributed by atoms with Crippen LogP contribution in [0.3, 0.4) is 0 Å². The van der Waals surface area contributed by atoms with E-state index in [1.54, 1.807) is 0 Å². The third-order valence-corrected chi connectivity index (χ3v) is 2.92. The van der Waals surface area contributed by atoms with Crippen LogP contribution in [0.4, 0.5) is 0 Å². The molecule has 96 valence electrons. The van der Waals surface area contributed by atoms with Gasteiger partial charge in [0.2, 0.25) is 0 Å². The van der Waals surface area contributed by atoms with Crippen LogP contribution in [0.5, 0.6) is 0 Å². The third-order valence-electron chi connectivity index (χ3n) is 2.59. The van der Waals surface area contributed by atoms with Crippen molar-refractivity contribution in [2.45, 2.75) is 32.9 Å². The topological polar surface area (TPSA) is 25.2 Å². The summed E-state index contributed by atoms with van der Waals surface area (Å²) in [6.07, 6.45) is 0. The number of halogens is 1. The fourth-order valence-electron chi connectivity index (χ4n) is 1.63. The zero-order chi connectivity index (χ0) is 13.2. The number of benzene rings is 1. The van der Waals surface area contributed by atoms with Crippen molar-refractivity contribution in [1.82, 2.24) is 5.32 Å². The highest BCUT2D eigenvalue weighted by molar-refractivity contribution is 6.33. The van der Waals surface area contributed by atoms with Gasteiger partial charge in [-0.3, -0.25) is 0 Å². The summed E-state index contributed by atoms with van der Waals surface area (Å²) in [5.74, 6) is 1.73. The molecule has 1 heterocycles. The minimum Gasteiger partial charge on any atom is -0.460 e. The van der Waals surface area contributed by atoms with Crippen LogP contribution in [0.15, 0.2) is 40.8 Å². The van der Waals surface area contributed by atoms with Gasteiger partial charge in [0.15, 0.2) is 0 Å². The van der Waals surface area contributed by atoms with E-state index in [0.29, 0.717) is 11.6 Å². The Morgan fingerprint density at radius 3 is 2.50 bits per heavy atom. The van der Waals surface area contributed by atoms with E-state index in [0.717, 1.165) is 17.1 Å². The number of rotatable bonds is 3. The van der Waals surface area contributed by atoms with Gasteiger partial charge in [0.1, 0.15) is 11.5 Å². The summed E-state index contributed by atoms with van der Waals surface area (Å²) in [7, 11) is 0. The molecule has 2 nitrogen and oxygen atoms in total. The Balaban J connectivity index is 2.14. The lowest BCUT2D eigenvalue weighted by Crippen LogP contribution is -2.34. The van der Waals surface area contributed by atoms with Crippen molar-refractivity contribution >= 4 is 11.6 Å². The molecular formula is C15H18ClNO. The first kappa shape index (κ1) is 13.2. The van der Waals surface area contributed by atoms with Crippen LogP contribution >= 0.6 is 11.6 Å². The molecule has 0 spiro atoms. The van der Waals surface area contributed by atoms with Gasteiger partial charge < -0.3 is 9.73 Å². The van der Waals surface area contributed by atoms with Gasteiger partial charge in [-0.05, 0) is 45.0 Å². The summed E-state index contributed by atoms with van der Waals surface area (Å²) >= 11 is 6.14. The molecule has 0 aliphatic heterocycles. The summed E-state index contributed by atoms with van der Waals surface area (Å²) < 4.78 is 5.80. The lowest BCUT2D eigenvalue weighted by atomic mass is 10.1. The third kappa shape index (κ3) is 3.37. The number of hydrogen-bond acceptors (Lipinski definition) is 2. The van der Waals surface area contributed by atoms with Crippen LogP contribution in [0.1, 0.15) is 26.5 Å². The number of hydrogen-bond donors (Lipinski definition) is 1. The molecule has 0 bridgehead atoms. The van der Waals surface area contributed by atoms with Crippen LogP contribution in [0.2, 0.25) is 5.02 Å². The lowest BCUT2D eigenvalue weighted by Gasteiger charge is -2.19. The Labute approximate surface area is 113 Å². The summed E-state index contributed by atoms with van der Waals surface area (Å²) in [6.45, 7) is 7.11. The highest BCUT2D eigenvalue weighted by atomic mass is 35.5. The van der Waals surface area contributed by atoms with Crippen molar-refractivity contribution in [2.24, 2.45) is 0 Å².